The average Bonchev–Trinajstić information content (AvgIpc) is 2.93. The van der Waals surface area contributed by atoms with Gasteiger partial charge in [-0.3, -0.25) is 9.59 Å². The van der Waals surface area contributed by atoms with Crippen molar-refractivity contribution < 1.29 is 18.7 Å². The monoisotopic (exact) mass is 344 g/mol. The molecule has 0 saturated heterocycles. The number of aryl methyl sites for hydroxylation is 1. The van der Waals surface area contributed by atoms with Gasteiger partial charge in [0.2, 0.25) is 5.78 Å². The van der Waals surface area contributed by atoms with Crippen LogP contribution in [-0.2, 0) is 9.53 Å². The number of esters is 1. The highest BCUT2D eigenvalue weighted by atomic mass is 16.5. The Bertz CT molecular complexity index is 724. The molecule has 0 amide bonds. The summed E-state index contributed by atoms with van der Waals surface area (Å²) in [4.78, 5) is 25.5. The van der Waals surface area contributed by atoms with Gasteiger partial charge in [0.05, 0.1) is 6.26 Å². The van der Waals surface area contributed by atoms with E-state index >= 15 is 0 Å². The van der Waals surface area contributed by atoms with Crippen LogP contribution in [0.5, 0.6) is 0 Å². The Balaban J connectivity index is 2.03. The van der Waals surface area contributed by atoms with Crippen molar-refractivity contribution in [1.82, 2.24) is 0 Å². The first-order valence-electron chi connectivity index (χ1n) is 9.29. The second-order valence-corrected chi connectivity index (χ2v) is 8.17. The van der Waals surface area contributed by atoms with Crippen molar-refractivity contribution in [3.63, 3.8) is 0 Å². The summed E-state index contributed by atoms with van der Waals surface area (Å²) in [6.07, 6.45) is 6.22. The Morgan fingerprint density at radius 2 is 2.16 bits per heavy atom. The van der Waals surface area contributed by atoms with Gasteiger partial charge in [-0.05, 0) is 43.6 Å². The summed E-state index contributed by atoms with van der Waals surface area (Å²) in [5.74, 6) is 0.801. The highest BCUT2D eigenvalue weighted by Crippen LogP contribution is 2.57. The fourth-order valence-electron chi connectivity index (χ4n) is 4.16. The first-order chi connectivity index (χ1) is 11.8. The van der Waals surface area contributed by atoms with Crippen LogP contribution in [0.2, 0.25) is 0 Å². The molecule has 3 rings (SSSR count). The second-order valence-electron chi connectivity index (χ2n) is 8.17. The summed E-state index contributed by atoms with van der Waals surface area (Å²) < 4.78 is 11.6. The lowest BCUT2D eigenvalue weighted by atomic mass is 9.58. The normalized spacial score (nSPS) is 28.4. The molecule has 0 spiro atoms. The third-order valence-corrected chi connectivity index (χ3v) is 6.01. The lowest BCUT2D eigenvalue weighted by Crippen LogP contribution is -2.44. The zero-order chi connectivity index (χ0) is 18.4. The number of hydrogen-bond donors (Lipinski definition) is 0. The molecule has 0 aromatic carbocycles. The minimum absolute atomic E-state index is 0.0494. The van der Waals surface area contributed by atoms with E-state index in [2.05, 4.69) is 27.7 Å². The predicted octanol–water partition coefficient (Wildman–Crippen LogP) is 5.17. The molecule has 1 heterocycles. The lowest BCUT2D eigenvalue weighted by molar-refractivity contribution is -0.158. The first-order valence-corrected chi connectivity index (χ1v) is 9.29. The van der Waals surface area contributed by atoms with Crippen molar-refractivity contribution in [3.05, 3.63) is 34.8 Å². The van der Waals surface area contributed by atoms with E-state index in [0.717, 1.165) is 36.0 Å². The van der Waals surface area contributed by atoms with Gasteiger partial charge in [0.15, 0.2) is 5.76 Å². The number of carbonyl (C=O) groups excluding carboxylic acids is 2. The number of fused-ring (bicyclic) bond motifs is 2. The Hall–Kier alpha value is -1.84. The van der Waals surface area contributed by atoms with Crippen molar-refractivity contribution in [2.75, 3.05) is 0 Å². The van der Waals surface area contributed by atoms with Crippen LogP contribution in [0.25, 0.3) is 0 Å². The summed E-state index contributed by atoms with van der Waals surface area (Å²) in [5.41, 5.74) is 1.89. The summed E-state index contributed by atoms with van der Waals surface area (Å²) in [6.45, 7) is 10.3. The molecule has 0 bridgehead atoms. The minimum atomic E-state index is -0.496. The molecule has 4 nitrogen and oxygen atoms in total. The Labute approximate surface area is 149 Å². The molecule has 1 aromatic heterocycles. The number of ketones is 1. The van der Waals surface area contributed by atoms with Gasteiger partial charge in [0.1, 0.15) is 6.10 Å². The van der Waals surface area contributed by atoms with Crippen LogP contribution in [0.4, 0.5) is 0 Å². The van der Waals surface area contributed by atoms with E-state index in [1.54, 1.807) is 6.26 Å². The number of rotatable bonds is 4. The second kappa shape index (κ2) is 6.47. The number of carbonyl (C=O) groups is 2. The smallest absolute Gasteiger partial charge is 0.306 e. The Kier molecular flexibility index (Phi) is 4.65. The predicted molar refractivity (Wildman–Crippen MR) is 95.3 cm³/mol. The molecule has 2 aliphatic carbocycles. The highest BCUT2D eigenvalue weighted by Gasteiger charge is 2.55. The van der Waals surface area contributed by atoms with E-state index in [1.165, 1.54) is 0 Å². The van der Waals surface area contributed by atoms with Crippen molar-refractivity contribution >= 4 is 11.8 Å². The summed E-state index contributed by atoms with van der Waals surface area (Å²) in [7, 11) is 0. The van der Waals surface area contributed by atoms with Crippen molar-refractivity contribution in [3.8, 4) is 0 Å². The van der Waals surface area contributed by atoms with Crippen molar-refractivity contribution in [1.29, 1.82) is 0 Å². The molecule has 3 unspecified atom stereocenters. The quantitative estimate of drug-likeness (QED) is 0.707. The molecule has 25 heavy (non-hydrogen) atoms. The van der Waals surface area contributed by atoms with Gasteiger partial charge in [0, 0.05) is 23.0 Å². The Morgan fingerprint density at radius 1 is 1.44 bits per heavy atom. The topological polar surface area (TPSA) is 56.5 Å². The van der Waals surface area contributed by atoms with Crippen LogP contribution < -0.4 is 0 Å². The van der Waals surface area contributed by atoms with Crippen LogP contribution in [0.15, 0.2) is 22.3 Å². The molecule has 0 aliphatic heterocycles. The highest BCUT2D eigenvalue weighted by molar-refractivity contribution is 6.10. The van der Waals surface area contributed by atoms with Crippen molar-refractivity contribution in [2.24, 2.45) is 17.3 Å². The number of hydrogen-bond acceptors (Lipinski definition) is 4. The van der Waals surface area contributed by atoms with Gasteiger partial charge < -0.3 is 9.15 Å². The SMILES string of the molecule is Cc1coc2c1C(OC(=O)CCC(C)C)C1(C)C(=CCCC1C)C2=O. The van der Waals surface area contributed by atoms with Crippen LogP contribution in [0.1, 0.15) is 81.2 Å². The molecular weight excluding hydrogens is 316 g/mol. The van der Waals surface area contributed by atoms with Crippen LogP contribution in [-0.4, -0.2) is 11.8 Å². The minimum Gasteiger partial charge on any atom is -0.460 e. The zero-order valence-corrected chi connectivity index (χ0v) is 15.8. The zero-order valence-electron chi connectivity index (χ0n) is 15.8. The van der Waals surface area contributed by atoms with Gasteiger partial charge in [-0.1, -0.05) is 33.8 Å². The van der Waals surface area contributed by atoms with E-state index in [-0.39, 0.29) is 17.7 Å². The van der Waals surface area contributed by atoms with E-state index in [4.69, 9.17) is 9.15 Å². The Morgan fingerprint density at radius 3 is 2.84 bits per heavy atom. The van der Waals surface area contributed by atoms with Crippen LogP contribution in [0.3, 0.4) is 0 Å². The largest absolute Gasteiger partial charge is 0.460 e. The van der Waals surface area contributed by atoms with E-state index in [0.29, 0.717) is 18.1 Å². The number of ether oxygens (including phenoxy) is 1. The van der Waals surface area contributed by atoms with Gasteiger partial charge in [-0.15, -0.1) is 0 Å². The van der Waals surface area contributed by atoms with Gasteiger partial charge in [-0.2, -0.15) is 0 Å². The summed E-state index contributed by atoms with van der Waals surface area (Å²) >= 11 is 0. The standard InChI is InChI=1S/C21H28O4/c1-12(2)9-10-16(22)25-20-17-13(3)11-24-19(17)18(23)15-8-6-7-14(4)21(15,20)5/h8,11-12,14,20H,6-7,9-10H2,1-5H3. The molecule has 0 N–H and O–H groups in total. The molecule has 4 heteroatoms. The maximum Gasteiger partial charge on any atom is 0.306 e. The third kappa shape index (κ3) is 2.86. The average molecular weight is 344 g/mol. The van der Waals surface area contributed by atoms with E-state index < -0.39 is 11.5 Å². The van der Waals surface area contributed by atoms with Gasteiger partial charge >= 0.3 is 5.97 Å². The molecule has 1 aromatic rings. The molecule has 0 radical (unpaired) electrons. The van der Waals surface area contributed by atoms with E-state index in [9.17, 15) is 9.59 Å². The maximum absolute atomic E-state index is 13.0. The van der Waals surface area contributed by atoms with E-state index in [1.807, 2.05) is 13.0 Å². The number of allylic oxidation sites excluding steroid dienone is 1. The van der Waals surface area contributed by atoms with Gasteiger partial charge in [-0.25, -0.2) is 0 Å². The van der Waals surface area contributed by atoms with Crippen molar-refractivity contribution in [2.45, 2.75) is 66.4 Å². The molecule has 0 fully saturated rings. The first kappa shape index (κ1) is 18.0. The van der Waals surface area contributed by atoms with Gasteiger partial charge in [0.25, 0.3) is 0 Å². The molecule has 0 saturated carbocycles. The summed E-state index contributed by atoms with van der Waals surface area (Å²) in [5, 5.41) is 0. The number of Topliss-reactive ketones (excluding diaryl/α,β-unsaturated/α-hetero) is 1. The number of furan rings is 1. The maximum atomic E-state index is 13.0. The fourth-order valence-corrected chi connectivity index (χ4v) is 4.16. The van der Waals surface area contributed by atoms with Crippen LogP contribution in [0, 0.1) is 24.2 Å². The molecular formula is C21H28O4. The molecule has 136 valence electrons. The summed E-state index contributed by atoms with van der Waals surface area (Å²) in [6, 6.07) is 0. The lowest BCUT2D eigenvalue weighted by Gasteiger charge is -2.47. The van der Waals surface area contributed by atoms with Crippen LogP contribution >= 0.6 is 0 Å². The molecule has 3 atom stereocenters. The fraction of sp³-hybridized carbons (Fsp3) is 0.619. The molecule has 2 aliphatic rings. The third-order valence-electron chi connectivity index (χ3n) is 6.01.